The van der Waals surface area contributed by atoms with Gasteiger partial charge in [0, 0.05) is 6.54 Å². The van der Waals surface area contributed by atoms with E-state index in [1.54, 1.807) is 0 Å². The Labute approximate surface area is 129 Å². The van der Waals surface area contributed by atoms with Crippen LogP contribution in [-0.4, -0.2) is 44.2 Å². The molecule has 3 nitrogen and oxygen atoms in total. The number of rotatable bonds is 9. The second kappa shape index (κ2) is 9.80. The molecular formula is C18H30N2O. The zero-order chi connectivity index (χ0) is 14.8. The highest BCUT2D eigenvalue weighted by Crippen LogP contribution is 2.16. The van der Waals surface area contributed by atoms with Crippen molar-refractivity contribution in [2.24, 2.45) is 5.92 Å². The van der Waals surface area contributed by atoms with Crippen molar-refractivity contribution in [3.8, 4) is 5.75 Å². The van der Waals surface area contributed by atoms with Gasteiger partial charge in [-0.05, 0) is 69.9 Å². The topological polar surface area (TPSA) is 24.5 Å². The summed E-state index contributed by atoms with van der Waals surface area (Å²) in [6, 6.07) is 10.1. The van der Waals surface area contributed by atoms with Crippen LogP contribution in [0.2, 0.25) is 0 Å². The first kappa shape index (κ1) is 16.3. The van der Waals surface area contributed by atoms with Crippen molar-refractivity contribution < 1.29 is 4.74 Å². The minimum atomic E-state index is 0.821. The van der Waals surface area contributed by atoms with E-state index in [-0.39, 0.29) is 0 Å². The molecule has 1 saturated heterocycles. The average Bonchev–Trinajstić information content (AvgIpc) is 2.54. The van der Waals surface area contributed by atoms with Crippen molar-refractivity contribution in [2.45, 2.75) is 32.6 Å². The molecule has 1 heterocycles. The zero-order valence-corrected chi connectivity index (χ0v) is 13.4. The second-order valence-electron chi connectivity index (χ2n) is 6.00. The molecule has 0 aliphatic carbocycles. The molecule has 1 aliphatic heterocycles. The first-order chi connectivity index (χ1) is 10.4. The van der Waals surface area contributed by atoms with Crippen LogP contribution in [0.1, 0.15) is 32.6 Å². The van der Waals surface area contributed by atoms with Crippen LogP contribution in [0.25, 0.3) is 0 Å². The number of hydrogen-bond acceptors (Lipinski definition) is 3. The maximum Gasteiger partial charge on any atom is 0.119 e. The fourth-order valence-corrected chi connectivity index (χ4v) is 2.89. The van der Waals surface area contributed by atoms with Crippen LogP contribution in [0.15, 0.2) is 30.3 Å². The number of benzene rings is 1. The zero-order valence-electron chi connectivity index (χ0n) is 13.4. The Morgan fingerprint density at radius 3 is 2.67 bits per heavy atom. The monoisotopic (exact) mass is 290 g/mol. The largest absolute Gasteiger partial charge is 0.494 e. The Morgan fingerprint density at radius 2 is 1.95 bits per heavy atom. The van der Waals surface area contributed by atoms with Gasteiger partial charge in [0.1, 0.15) is 5.75 Å². The molecular weight excluding hydrogens is 260 g/mol. The molecule has 0 saturated carbocycles. The van der Waals surface area contributed by atoms with E-state index < -0.39 is 0 Å². The highest BCUT2D eigenvalue weighted by atomic mass is 16.5. The lowest BCUT2D eigenvalue weighted by Crippen LogP contribution is -2.38. The summed E-state index contributed by atoms with van der Waals surface area (Å²) in [6.07, 6.45) is 5.04. The first-order valence-electron chi connectivity index (χ1n) is 8.49. The van der Waals surface area contributed by atoms with Crippen LogP contribution in [0.5, 0.6) is 5.75 Å². The van der Waals surface area contributed by atoms with Crippen molar-refractivity contribution in [1.29, 1.82) is 0 Å². The van der Waals surface area contributed by atoms with Gasteiger partial charge in [0.2, 0.25) is 0 Å². The fraction of sp³-hybridized carbons (Fsp3) is 0.667. The minimum Gasteiger partial charge on any atom is -0.494 e. The quantitative estimate of drug-likeness (QED) is 0.707. The van der Waals surface area contributed by atoms with Crippen molar-refractivity contribution >= 4 is 0 Å². The molecule has 0 aromatic heterocycles. The van der Waals surface area contributed by atoms with Gasteiger partial charge in [-0.15, -0.1) is 0 Å². The number of hydrogen-bond donors (Lipinski definition) is 1. The molecule has 1 aliphatic rings. The summed E-state index contributed by atoms with van der Waals surface area (Å²) in [7, 11) is 0. The molecule has 0 atom stereocenters. The standard InChI is InChI=1S/C18H30N2O/c1-2-11-19-16-17-9-13-20(14-10-17)12-6-15-21-18-7-4-3-5-8-18/h3-5,7-8,17,19H,2,6,9-16H2,1H3. The maximum atomic E-state index is 5.75. The van der Waals surface area contributed by atoms with Crippen LogP contribution in [0.3, 0.4) is 0 Å². The highest BCUT2D eigenvalue weighted by molar-refractivity contribution is 5.20. The van der Waals surface area contributed by atoms with Crippen LogP contribution in [-0.2, 0) is 0 Å². The Hall–Kier alpha value is -1.06. The van der Waals surface area contributed by atoms with Gasteiger partial charge >= 0.3 is 0 Å². The van der Waals surface area contributed by atoms with Gasteiger partial charge in [0.25, 0.3) is 0 Å². The van der Waals surface area contributed by atoms with Crippen LogP contribution < -0.4 is 10.1 Å². The summed E-state index contributed by atoms with van der Waals surface area (Å²) >= 11 is 0. The molecule has 0 unspecified atom stereocenters. The normalized spacial score (nSPS) is 17.0. The molecule has 21 heavy (non-hydrogen) atoms. The van der Waals surface area contributed by atoms with E-state index in [1.807, 2.05) is 30.3 Å². The van der Waals surface area contributed by atoms with E-state index in [0.717, 1.165) is 31.2 Å². The molecule has 1 aromatic rings. The Bertz CT molecular complexity index is 361. The molecule has 0 radical (unpaired) electrons. The second-order valence-corrected chi connectivity index (χ2v) is 6.00. The Morgan fingerprint density at radius 1 is 1.19 bits per heavy atom. The number of nitrogens with one attached hydrogen (secondary N) is 1. The summed E-state index contributed by atoms with van der Waals surface area (Å²) in [5, 5.41) is 3.55. The van der Waals surface area contributed by atoms with Gasteiger partial charge in [-0.25, -0.2) is 0 Å². The van der Waals surface area contributed by atoms with E-state index >= 15 is 0 Å². The van der Waals surface area contributed by atoms with Crippen LogP contribution in [0, 0.1) is 5.92 Å². The lowest BCUT2D eigenvalue weighted by molar-refractivity contribution is 0.169. The van der Waals surface area contributed by atoms with E-state index in [1.165, 1.54) is 45.4 Å². The Balaban J connectivity index is 1.51. The number of likely N-dealkylation sites (tertiary alicyclic amines) is 1. The third-order valence-electron chi connectivity index (χ3n) is 4.20. The minimum absolute atomic E-state index is 0.821. The van der Waals surface area contributed by atoms with Crippen LogP contribution in [0.4, 0.5) is 0 Å². The molecule has 118 valence electrons. The first-order valence-corrected chi connectivity index (χ1v) is 8.49. The predicted molar refractivity (Wildman–Crippen MR) is 88.9 cm³/mol. The van der Waals surface area contributed by atoms with Crippen molar-refractivity contribution in [1.82, 2.24) is 10.2 Å². The molecule has 1 N–H and O–H groups in total. The SMILES string of the molecule is CCCNCC1CCN(CCCOc2ccccc2)CC1. The summed E-state index contributed by atoms with van der Waals surface area (Å²) in [4.78, 5) is 2.59. The molecule has 3 heteroatoms. The molecule has 0 bridgehead atoms. The fourth-order valence-electron chi connectivity index (χ4n) is 2.89. The van der Waals surface area contributed by atoms with E-state index in [4.69, 9.17) is 4.74 Å². The summed E-state index contributed by atoms with van der Waals surface area (Å²) in [5.41, 5.74) is 0. The Kier molecular flexibility index (Phi) is 7.61. The summed E-state index contributed by atoms with van der Waals surface area (Å²) in [6.45, 7) is 9.10. The number of nitrogens with zero attached hydrogens (tertiary/aromatic N) is 1. The number of ether oxygens (including phenoxy) is 1. The smallest absolute Gasteiger partial charge is 0.119 e. The van der Waals surface area contributed by atoms with Crippen LogP contribution >= 0.6 is 0 Å². The van der Waals surface area contributed by atoms with Gasteiger partial charge in [-0.2, -0.15) is 0 Å². The third-order valence-corrected chi connectivity index (χ3v) is 4.20. The van der Waals surface area contributed by atoms with Gasteiger partial charge < -0.3 is 15.0 Å². The van der Waals surface area contributed by atoms with Crippen molar-refractivity contribution in [3.63, 3.8) is 0 Å². The van der Waals surface area contributed by atoms with E-state index in [2.05, 4.69) is 17.1 Å². The highest BCUT2D eigenvalue weighted by Gasteiger charge is 2.18. The molecule has 0 spiro atoms. The molecule has 1 fully saturated rings. The third kappa shape index (κ3) is 6.49. The van der Waals surface area contributed by atoms with Gasteiger partial charge in [0.15, 0.2) is 0 Å². The van der Waals surface area contributed by atoms with E-state index in [9.17, 15) is 0 Å². The summed E-state index contributed by atoms with van der Waals surface area (Å²) in [5.74, 6) is 1.87. The van der Waals surface area contributed by atoms with Crippen molar-refractivity contribution in [3.05, 3.63) is 30.3 Å². The molecule has 1 aromatic carbocycles. The molecule has 0 amide bonds. The van der Waals surface area contributed by atoms with Gasteiger partial charge in [0.05, 0.1) is 6.61 Å². The number of piperidine rings is 1. The molecule has 2 rings (SSSR count). The predicted octanol–water partition coefficient (Wildman–Crippen LogP) is 3.17. The van der Waals surface area contributed by atoms with Crippen molar-refractivity contribution in [2.75, 3.05) is 39.3 Å². The lowest BCUT2D eigenvalue weighted by atomic mass is 9.96. The maximum absolute atomic E-state index is 5.75. The summed E-state index contributed by atoms with van der Waals surface area (Å²) < 4.78 is 5.75. The van der Waals surface area contributed by atoms with Gasteiger partial charge in [-0.3, -0.25) is 0 Å². The van der Waals surface area contributed by atoms with E-state index in [0.29, 0.717) is 0 Å². The average molecular weight is 290 g/mol. The number of para-hydroxylation sites is 1. The lowest BCUT2D eigenvalue weighted by Gasteiger charge is -2.32. The van der Waals surface area contributed by atoms with Gasteiger partial charge in [-0.1, -0.05) is 25.1 Å².